The number of hydrogen-bond donors (Lipinski definition) is 1. The Bertz CT molecular complexity index is 804. The molecule has 6 nitrogen and oxygen atoms in total. The quantitative estimate of drug-likeness (QED) is 0.934. The molecule has 21 heavy (non-hydrogen) atoms. The van der Waals surface area contributed by atoms with Crippen LogP contribution < -0.4 is 4.72 Å². The molecule has 1 aromatic heterocycles. The fraction of sp³-hybridized carbons (Fsp3) is 0.231. The minimum absolute atomic E-state index is 0.0345. The Balaban J connectivity index is 2.31. The molecule has 8 heteroatoms. The highest BCUT2D eigenvalue weighted by molar-refractivity contribution is 7.92. The largest absolute Gasteiger partial charge is 0.279 e. The molecular weight excluding hydrogens is 312 g/mol. The van der Waals surface area contributed by atoms with E-state index >= 15 is 0 Å². The second-order valence-corrected chi connectivity index (χ2v) is 6.44. The third kappa shape index (κ3) is 3.17. The lowest BCUT2D eigenvalue weighted by Crippen LogP contribution is -2.14. The van der Waals surface area contributed by atoms with Crippen LogP contribution >= 0.6 is 11.6 Å². The van der Waals surface area contributed by atoms with Gasteiger partial charge in [-0.25, -0.2) is 8.42 Å². The van der Waals surface area contributed by atoms with E-state index in [-0.39, 0.29) is 16.5 Å². The Labute approximate surface area is 128 Å². The summed E-state index contributed by atoms with van der Waals surface area (Å²) in [5, 5.41) is 12.6. The van der Waals surface area contributed by atoms with Gasteiger partial charge in [0.25, 0.3) is 10.0 Å². The average molecular weight is 325 g/mol. The minimum Gasteiger partial charge on any atom is -0.279 e. The maximum atomic E-state index is 12.4. The van der Waals surface area contributed by atoms with Crippen LogP contribution in [0.1, 0.15) is 11.3 Å². The smallest absolute Gasteiger partial charge is 0.266 e. The summed E-state index contributed by atoms with van der Waals surface area (Å²) in [4.78, 5) is -0.0345. The second-order valence-electron chi connectivity index (χ2n) is 4.47. The van der Waals surface area contributed by atoms with Crippen LogP contribution in [0, 0.1) is 18.3 Å². The molecule has 0 fully saturated rings. The van der Waals surface area contributed by atoms with Crippen molar-refractivity contribution in [1.29, 1.82) is 5.26 Å². The van der Waals surface area contributed by atoms with Crippen molar-refractivity contribution in [3.8, 4) is 6.07 Å². The SMILES string of the molecule is Cc1nn(C)c(Cl)c1S(=O)(=O)Nc1ccc(CC#N)cc1. The van der Waals surface area contributed by atoms with Gasteiger partial charge in [0.15, 0.2) is 0 Å². The number of nitriles is 1. The van der Waals surface area contributed by atoms with E-state index in [1.807, 2.05) is 6.07 Å². The Hall–Kier alpha value is -2.04. The normalized spacial score (nSPS) is 11.1. The van der Waals surface area contributed by atoms with Gasteiger partial charge in [-0.05, 0) is 24.6 Å². The first kappa shape index (κ1) is 15.4. The lowest BCUT2D eigenvalue weighted by Gasteiger charge is -2.08. The Kier molecular flexibility index (Phi) is 4.21. The molecule has 0 aliphatic carbocycles. The number of sulfonamides is 1. The number of nitrogens with one attached hydrogen (secondary N) is 1. The van der Waals surface area contributed by atoms with Gasteiger partial charge >= 0.3 is 0 Å². The van der Waals surface area contributed by atoms with Gasteiger partial charge in [0, 0.05) is 12.7 Å². The number of aryl methyl sites for hydroxylation is 2. The molecule has 2 rings (SSSR count). The molecule has 1 heterocycles. The number of nitrogens with zero attached hydrogens (tertiary/aromatic N) is 3. The number of rotatable bonds is 4. The summed E-state index contributed by atoms with van der Waals surface area (Å²) in [5.41, 5.74) is 1.54. The minimum atomic E-state index is -3.81. The van der Waals surface area contributed by atoms with Gasteiger partial charge in [-0.15, -0.1) is 0 Å². The highest BCUT2D eigenvalue weighted by Gasteiger charge is 2.25. The first-order valence-electron chi connectivity index (χ1n) is 6.03. The van der Waals surface area contributed by atoms with Crippen molar-refractivity contribution in [3.05, 3.63) is 40.7 Å². The summed E-state index contributed by atoms with van der Waals surface area (Å²) in [7, 11) is -2.23. The standard InChI is InChI=1S/C13H13ClN4O2S/c1-9-12(13(14)18(2)16-9)21(19,20)17-11-5-3-10(4-6-11)7-8-15/h3-6,17H,7H2,1-2H3. The molecule has 0 saturated heterocycles. The third-order valence-electron chi connectivity index (χ3n) is 2.86. The van der Waals surface area contributed by atoms with Crippen LogP contribution in [0.15, 0.2) is 29.2 Å². The van der Waals surface area contributed by atoms with Crippen molar-refractivity contribution in [2.24, 2.45) is 7.05 Å². The van der Waals surface area contributed by atoms with Crippen molar-refractivity contribution >= 4 is 27.3 Å². The molecule has 0 atom stereocenters. The zero-order chi connectivity index (χ0) is 15.6. The lowest BCUT2D eigenvalue weighted by molar-refractivity contribution is 0.600. The molecule has 0 amide bonds. The third-order valence-corrected chi connectivity index (χ3v) is 4.93. The van der Waals surface area contributed by atoms with Gasteiger partial charge < -0.3 is 0 Å². The molecule has 0 saturated carbocycles. The van der Waals surface area contributed by atoms with Gasteiger partial charge in [-0.1, -0.05) is 23.7 Å². The van der Waals surface area contributed by atoms with Crippen LogP contribution in [-0.2, 0) is 23.5 Å². The Morgan fingerprint density at radius 3 is 2.48 bits per heavy atom. The predicted molar refractivity (Wildman–Crippen MR) is 79.5 cm³/mol. The fourth-order valence-corrected chi connectivity index (χ4v) is 3.72. The van der Waals surface area contributed by atoms with E-state index in [0.717, 1.165) is 5.56 Å². The van der Waals surface area contributed by atoms with Gasteiger partial charge in [-0.2, -0.15) is 10.4 Å². The van der Waals surface area contributed by atoms with Crippen molar-refractivity contribution in [2.75, 3.05) is 4.72 Å². The van der Waals surface area contributed by atoms with Crippen molar-refractivity contribution < 1.29 is 8.42 Å². The van der Waals surface area contributed by atoms with Crippen LogP contribution in [0.25, 0.3) is 0 Å². The van der Waals surface area contributed by atoms with Gasteiger partial charge in [0.1, 0.15) is 10.0 Å². The molecule has 0 unspecified atom stereocenters. The van der Waals surface area contributed by atoms with Gasteiger partial charge in [0.2, 0.25) is 0 Å². The highest BCUT2D eigenvalue weighted by atomic mass is 35.5. The topological polar surface area (TPSA) is 87.8 Å². The van der Waals surface area contributed by atoms with E-state index in [2.05, 4.69) is 9.82 Å². The molecule has 1 N–H and O–H groups in total. The van der Waals surface area contributed by atoms with Crippen molar-refractivity contribution in [2.45, 2.75) is 18.2 Å². The summed E-state index contributed by atoms with van der Waals surface area (Å²) in [6.07, 6.45) is 0.278. The van der Waals surface area contributed by atoms with E-state index in [1.165, 1.54) is 4.68 Å². The summed E-state index contributed by atoms with van der Waals surface area (Å²) in [5.74, 6) is 0. The maximum absolute atomic E-state index is 12.4. The van der Waals surface area contributed by atoms with E-state index < -0.39 is 10.0 Å². The van der Waals surface area contributed by atoms with Crippen molar-refractivity contribution in [3.63, 3.8) is 0 Å². The molecule has 0 aliphatic heterocycles. The van der Waals surface area contributed by atoms with Crippen LogP contribution in [-0.4, -0.2) is 18.2 Å². The summed E-state index contributed by atoms with van der Waals surface area (Å²) < 4.78 is 28.5. The first-order valence-corrected chi connectivity index (χ1v) is 7.89. The van der Waals surface area contributed by atoms with Crippen LogP contribution in [0.5, 0.6) is 0 Å². The van der Waals surface area contributed by atoms with Crippen LogP contribution in [0.2, 0.25) is 5.15 Å². The van der Waals surface area contributed by atoms with Crippen molar-refractivity contribution in [1.82, 2.24) is 9.78 Å². The number of halogens is 1. The zero-order valence-corrected chi connectivity index (χ0v) is 13.0. The van der Waals surface area contributed by atoms with E-state index in [1.54, 1.807) is 38.2 Å². The number of anilines is 1. The second kappa shape index (κ2) is 5.76. The van der Waals surface area contributed by atoms with E-state index in [9.17, 15) is 8.42 Å². The molecule has 2 aromatic rings. The molecule has 0 spiro atoms. The maximum Gasteiger partial charge on any atom is 0.266 e. The molecular formula is C13H13ClN4O2S. The molecule has 110 valence electrons. The monoisotopic (exact) mass is 324 g/mol. The Morgan fingerprint density at radius 2 is 2.00 bits per heavy atom. The lowest BCUT2D eigenvalue weighted by atomic mass is 10.1. The zero-order valence-electron chi connectivity index (χ0n) is 11.5. The fourth-order valence-electron chi connectivity index (χ4n) is 1.90. The molecule has 0 aliphatic rings. The molecule has 1 aromatic carbocycles. The van der Waals surface area contributed by atoms with Gasteiger partial charge in [-0.3, -0.25) is 9.40 Å². The number of aromatic nitrogens is 2. The van der Waals surface area contributed by atoms with E-state index in [4.69, 9.17) is 16.9 Å². The summed E-state index contributed by atoms with van der Waals surface area (Å²) in [6.45, 7) is 1.58. The molecule has 0 radical (unpaired) electrons. The van der Waals surface area contributed by atoms with Crippen LogP contribution in [0.3, 0.4) is 0 Å². The highest BCUT2D eigenvalue weighted by Crippen LogP contribution is 2.26. The van der Waals surface area contributed by atoms with Gasteiger partial charge in [0.05, 0.1) is 18.2 Å². The predicted octanol–water partition coefficient (Wildman–Crippen LogP) is 2.25. The first-order chi connectivity index (χ1) is 9.85. The molecule has 0 bridgehead atoms. The average Bonchev–Trinajstić information content (AvgIpc) is 2.66. The Morgan fingerprint density at radius 1 is 1.38 bits per heavy atom. The summed E-state index contributed by atoms with van der Waals surface area (Å²) in [6, 6.07) is 8.62. The van der Waals surface area contributed by atoms with Crippen LogP contribution in [0.4, 0.5) is 5.69 Å². The van der Waals surface area contributed by atoms with E-state index in [0.29, 0.717) is 11.4 Å². The number of benzene rings is 1. The summed E-state index contributed by atoms with van der Waals surface area (Å²) >= 11 is 5.98. The number of hydrogen-bond acceptors (Lipinski definition) is 4.